The van der Waals surface area contributed by atoms with Crippen LogP contribution in [0, 0.1) is 0 Å². The van der Waals surface area contributed by atoms with Gasteiger partial charge in [-0.25, -0.2) is 4.99 Å². The monoisotopic (exact) mass is 379 g/mol. The molecule has 1 heterocycles. The normalized spacial score (nSPS) is 14.7. The largest absolute Gasteiger partial charge is 0.368 e. The first kappa shape index (κ1) is 19.7. The predicted molar refractivity (Wildman–Crippen MR) is 115 cm³/mol. The number of carbonyl (C=O) groups is 1. The SMILES string of the molecule is CCNC(=NCc1ccc(C(=O)NC)cc1)N1CCN(c2ccccc2)CC1. The molecule has 0 atom stereocenters. The third-order valence-corrected chi connectivity index (χ3v) is 4.89. The van der Waals surface area contributed by atoms with Gasteiger partial charge in [0.05, 0.1) is 6.54 Å². The highest BCUT2D eigenvalue weighted by Gasteiger charge is 2.19. The van der Waals surface area contributed by atoms with Crippen LogP contribution in [0.1, 0.15) is 22.8 Å². The second-order valence-corrected chi connectivity index (χ2v) is 6.76. The Morgan fingerprint density at radius 1 is 1.00 bits per heavy atom. The minimum Gasteiger partial charge on any atom is -0.368 e. The summed E-state index contributed by atoms with van der Waals surface area (Å²) in [5.41, 5.74) is 3.03. The summed E-state index contributed by atoms with van der Waals surface area (Å²) >= 11 is 0. The third-order valence-electron chi connectivity index (χ3n) is 4.89. The number of hydrogen-bond acceptors (Lipinski definition) is 3. The van der Waals surface area contributed by atoms with E-state index < -0.39 is 0 Å². The molecule has 28 heavy (non-hydrogen) atoms. The Balaban J connectivity index is 1.61. The van der Waals surface area contributed by atoms with Gasteiger partial charge in [0.2, 0.25) is 0 Å². The summed E-state index contributed by atoms with van der Waals surface area (Å²) in [4.78, 5) is 21.2. The highest BCUT2D eigenvalue weighted by Crippen LogP contribution is 2.15. The van der Waals surface area contributed by atoms with Crippen LogP contribution in [-0.4, -0.2) is 56.5 Å². The van der Waals surface area contributed by atoms with Crippen molar-refractivity contribution in [3.05, 3.63) is 65.7 Å². The number of nitrogens with one attached hydrogen (secondary N) is 2. The van der Waals surface area contributed by atoms with Crippen LogP contribution in [-0.2, 0) is 6.54 Å². The molecule has 0 aliphatic carbocycles. The predicted octanol–water partition coefficient (Wildman–Crippen LogP) is 2.33. The van der Waals surface area contributed by atoms with Gasteiger partial charge in [0.15, 0.2) is 5.96 Å². The molecule has 1 fully saturated rings. The number of nitrogens with zero attached hydrogens (tertiary/aromatic N) is 3. The number of hydrogen-bond donors (Lipinski definition) is 2. The van der Waals surface area contributed by atoms with E-state index in [1.54, 1.807) is 7.05 Å². The number of guanidine groups is 1. The van der Waals surface area contributed by atoms with Crippen molar-refractivity contribution in [2.45, 2.75) is 13.5 Å². The Morgan fingerprint density at radius 2 is 1.68 bits per heavy atom. The number of benzene rings is 2. The molecular weight excluding hydrogens is 350 g/mol. The topological polar surface area (TPSA) is 60.0 Å². The van der Waals surface area contributed by atoms with Crippen LogP contribution in [0.25, 0.3) is 0 Å². The molecule has 0 aromatic heterocycles. The van der Waals surface area contributed by atoms with Gasteiger partial charge in [-0.15, -0.1) is 0 Å². The summed E-state index contributed by atoms with van der Waals surface area (Å²) in [5.74, 6) is 0.880. The second-order valence-electron chi connectivity index (χ2n) is 6.76. The molecule has 1 amide bonds. The number of piperazine rings is 1. The van der Waals surface area contributed by atoms with Crippen molar-refractivity contribution in [3.8, 4) is 0 Å². The fourth-order valence-corrected chi connectivity index (χ4v) is 3.31. The molecule has 0 spiro atoms. The molecule has 1 aliphatic rings. The molecule has 2 aromatic rings. The van der Waals surface area contributed by atoms with Gasteiger partial charge in [-0.1, -0.05) is 30.3 Å². The summed E-state index contributed by atoms with van der Waals surface area (Å²) in [6.07, 6.45) is 0. The quantitative estimate of drug-likeness (QED) is 0.618. The molecular formula is C22H29N5O. The van der Waals surface area contributed by atoms with Crippen molar-refractivity contribution in [1.29, 1.82) is 0 Å². The van der Waals surface area contributed by atoms with Gasteiger partial charge >= 0.3 is 0 Å². The Morgan fingerprint density at radius 3 is 2.29 bits per heavy atom. The Kier molecular flexibility index (Phi) is 6.89. The van der Waals surface area contributed by atoms with E-state index in [1.807, 2.05) is 24.3 Å². The van der Waals surface area contributed by atoms with Crippen LogP contribution >= 0.6 is 0 Å². The molecule has 0 unspecified atom stereocenters. The maximum atomic E-state index is 11.7. The summed E-state index contributed by atoms with van der Waals surface area (Å²) in [5, 5.41) is 6.05. The number of amides is 1. The Hall–Kier alpha value is -3.02. The first-order valence-electron chi connectivity index (χ1n) is 9.85. The summed E-state index contributed by atoms with van der Waals surface area (Å²) in [6, 6.07) is 18.2. The Bertz CT molecular complexity index is 780. The van der Waals surface area contributed by atoms with Crippen molar-refractivity contribution in [3.63, 3.8) is 0 Å². The highest BCUT2D eigenvalue weighted by atomic mass is 16.1. The van der Waals surface area contributed by atoms with Gasteiger partial charge in [0.1, 0.15) is 0 Å². The molecule has 2 N–H and O–H groups in total. The van der Waals surface area contributed by atoms with Crippen molar-refractivity contribution in [1.82, 2.24) is 15.5 Å². The fraction of sp³-hybridized carbons (Fsp3) is 0.364. The Labute approximate surface area is 167 Å². The van der Waals surface area contributed by atoms with Crippen LogP contribution in [0.3, 0.4) is 0 Å². The van der Waals surface area contributed by atoms with Crippen LogP contribution in [0.4, 0.5) is 5.69 Å². The average Bonchev–Trinajstić information content (AvgIpc) is 2.77. The molecule has 3 rings (SSSR count). The van der Waals surface area contributed by atoms with Gasteiger partial charge < -0.3 is 20.4 Å². The van der Waals surface area contributed by atoms with E-state index >= 15 is 0 Å². The van der Waals surface area contributed by atoms with Crippen LogP contribution in [0.2, 0.25) is 0 Å². The van der Waals surface area contributed by atoms with E-state index in [0.717, 1.165) is 44.2 Å². The van der Waals surface area contributed by atoms with Crippen molar-refractivity contribution in [2.75, 3.05) is 44.7 Å². The van der Waals surface area contributed by atoms with Crippen LogP contribution < -0.4 is 15.5 Å². The smallest absolute Gasteiger partial charge is 0.251 e. The van der Waals surface area contributed by atoms with E-state index in [-0.39, 0.29) is 5.91 Å². The van der Waals surface area contributed by atoms with Gasteiger partial charge in [-0.05, 0) is 36.8 Å². The second kappa shape index (κ2) is 9.78. The molecule has 6 nitrogen and oxygen atoms in total. The van der Waals surface area contributed by atoms with Crippen molar-refractivity contribution < 1.29 is 4.79 Å². The number of rotatable bonds is 5. The third kappa shape index (κ3) is 5.03. The minimum atomic E-state index is -0.0697. The number of anilines is 1. The molecule has 0 saturated carbocycles. The minimum absolute atomic E-state index is 0.0697. The maximum absolute atomic E-state index is 11.7. The number of aliphatic imine (C=N–C) groups is 1. The van der Waals surface area contributed by atoms with Crippen molar-refractivity contribution in [2.24, 2.45) is 4.99 Å². The lowest BCUT2D eigenvalue weighted by atomic mass is 10.1. The lowest BCUT2D eigenvalue weighted by Crippen LogP contribution is -2.52. The van der Waals surface area contributed by atoms with E-state index in [9.17, 15) is 4.79 Å². The lowest BCUT2D eigenvalue weighted by molar-refractivity contribution is 0.0963. The first-order chi connectivity index (χ1) is 13.7. The molecule has 148 valence electrons. The van der Waals surface area contributed by atoms with E-state index in [0.29, 0.717) is 12.1 Å². The summed E-state index contributed by atoms with van der Waals surface area (Å²) in [7, 11) is 1.64. The van der Waals surface area contributed by atoms with Crippen LogP contribution in [0.15, 0.2) is 59.6 Å². The molecule has 0 radical (unpaired) electrons. The number of carbonyl (C=O) groups excluding carboxylic acids is 1. The van der Waals surface area contributed by atoms with Gasteiger partial charge in [0.25, 0.3) is 5.91 Å². The van der Waals surface area contributed by atoms with E-state index in [4.69, 9.17) is 4.99 Å². The van der Waals surface area contributed by atoms with Crippen molar-refractivity contribution >= 4 is 17.6 Å². The zero-order valence-corrected chi connectivity index (χ0v) is 16.7. The lowest BCUT2D eigenvalue weighted by Gasteiger charge is -2.37. The molecule has 2 aromatic carbocycles. The zero-order chi connectivity index (χ0) is 19.8. The molecule has 1 saturated heterocycles. The van der Waals surface area contributed by atoms with E-state index in [2.05, 4.69) is 57.7 Å². The molecule has 0 bridgehead atoms. The van der Waals surface area contributed by atoms with Gasteiger partial charge in [0, 0.05) is 51.0 Å². The van der Waals surface area contributed by atoms with E-state index in [1.165, 1.54) is 5.69 Å². The fourth-order valence-electron chi connectivity index (χ4n) is 3.31. The van der Waals surface area contributed by atoms with Gasteiger partial charge in [-0.3, -0.25) is 4.79 Å². The van der Waals surface area contributed by atoms with Crippen LogP contribution in [0.5, 0.6) is 0 Å². The first-order valence-corrected chi connectivity index (χ1v) is 9.85. The molecule has 6 heteroatoms. The summed E-state index contributed by atoms with van der Waals surface area (Å²) in [6.45, 7) is 7.37. The zero-order valence-electron chi connectivity index (χ0n) is 16.7. The maximum Gasteiger partial charge on any atom is 0.251 e. The average molecular weight is 380 g/mol. The number of para-hydroxylation sites is 1. The standard InChI is InChI=1S/C22H29N5O/c1-3-24-22(25-17-18-9-11-19(12-10-18)21(28)23-2)27-15-13-26(14-16-27)20-7-5-4-6-8-20/h4-12H,3,13-17H2,1-2H3,(H,23,28)(H,24,25). The molecule has 1 aliphatic heterocycles. The van der Waals surface area contributed by atoms with Gasteiger partial charge in [-0.2, -0.15) is 0 Å². The summed E-state index contributed by atoms with van der Waals surface area (Å²) < 4.78 is 0. The highest BCUT2D eigenvalue weighted by molar-refractivity contribution is 5.93.